The fourth-order valence-corrected chi connectivity index (χ4v) is 10.2. The Morgan fingerprint density at radius 1 is 0.268 bits per heavy atom. The monoisotopic (exact) mass is 749 g/mol. The van der Waals surface area contributed by atoms with E-state index >= 15 is 0 Å². The molecule has 8 aromatic carbocycles. The number of benzene rings is 8. The molecule has 11 rings (SSSR count). The molecule has 5 heteroatoms. The van der Waals surface area contributed by atoms with Gasteiger partial charge in [0.1, 0.15) is 0 Å². The average molecular weight is 750 g/mol. The highest BCUT2D eigenvalue weighted by atomic mass is 32.1. The molecule has 0 aliphatic rings. The number of rotatable bonds is 6. The fourth-order valence-electron chi connectivity index (χ4n) is 7.79. The summed E-state index contributed by atoms with van der Waals surface area (Å²) in [4.78, 5) is 15.4. The van der Waals surface area contributed by atoms with Crippen molar-refractivity contribution in [3.8, 4) is 67.5 Å². The third-order valence-electron chi connectivity index (χ3n) is 10.5. The molecule has 0 N–H and O–H groups in total. The molecule has 0 atom stereocenters. The fraction of sp³-hybridized carbons (Fsp3) is 0. The summed E-state index contributed by atoms with van der Waals surface area (Å²) in [6, 6.07) is 66.8. The van der Waals surface area contributed by atoms with Crippen molar-refractivity contribution in [2.24, 2.45) is 0 Å². The van der Waals surface area contributed by atoms with Crippen molar-refractivity contribution >= 4 is 63.0 Å². The average Bonchev–Trinajstić information content (AvgIpc) is 3.85. The minimum Gasteiger partial charge on any atom is -0.208 e. The largest absolute Gasteiger partial charge is 0.208 e. The molecule has 0 fully saturated rings. The van der Waals surface area contributed by atoms with Gasteiger partial charge in [-0.3, -0.25) is 0 Å². The smallest absolute Gasteiger partial charge is 0.165 e. The van der Waals surface area contributed by atoms with E-state index in [2.05, 4.69) is 164 Å². The molecular formula is C51H31N3S2. The third-order valence-corrected chi connectivity index (χ3v) is 13.0. The molecule has 0 aliphatic heterocycles. The SMILES string of the molecule is c1ccc(-c2cccc(-c3nc(-c4ccccc4)nc(-c4cccc5c4sc4ccc(-c6cc(-c7ccccc7)cc7c6sc6ccccc67)cc45)n3)c2)cc1. The van der Waals surface area contributed by atoms with Gasteiger partial charge in [-0.05, 0) is 70.3 Å². The van der Waals surface area contributed by atoms with Gasteiger partial charge in [0.2, 0.25) is 0 Å². The van der Waals surface area contributed by atoms with Gasteiger partial charge in [-0.25, -0.2) is 15.0 Å². The van der Waals surface area contributed by atoms with Crippen LogP contribution in [0.2, 0.25) is 0 Å². The second-order valence-electron chi connectivity index (χ2n) is 14.0. The first-order valence-electron chi connectivity index (χ1n) is 18.7. The molecule has 0 amide bonds. The quantitative estimate of drug-likeness (QED) is 0.170. The Morgan fingerprint density at radius 3 is 1.57 bits per heavy atom. The van der Waals surface area contributed by atoms with Crippen LogP contribution >= 0.6 is 22.7 Å². The van der Waals surface area contributed by atoms with E-state index in [1.807, 2.05) is 35.6 Å². The normalized spacial score (nSPS) is 11.6. The van der Waals surface area contributed by atoms with Crippen LogP contribution in [0.15, 0.2) is 188 Å². The van der Waals surface area contributed by atoms with Crippen LogP contribution in [-0.4, -0.2) is 15.0 Å². The Bertz CT molecular complexity index is 3240. The minimum absolute atomic E-state index is 0.651. The molecule has 3 heterocycles. The summed E-state index contributed by atoms with van der Waals surface area (Å²) >= 11 is 3.68. The third kappa shape index (κ3) is 5.68. The van der Waals surface area contributed by atoms with E-state index in [1.54, 1.807) is 11.3 Å². The lowest BCUT2D eigenvalue weighted by Gasteiger charge is -2.10. The molecule has 3 nitrogen and oxygen atoms in total. The maximum atomic E-state index is 5.20. The molecule has 0 spiro atoms. The summed E-state index contributed by atoms with van der Waals surface area (Å²) in [5, 5.41) is 5.03. The first kappa shape index (κ1) is 32.6. The molecular weight excluding hydrogens is 719 g/mol. The predicted molar refractivity (Wildman–Crippen MR) is 238 cm³/mol. The maximum absolute atomic E-state index is 5.20. The van der Waals surface area contributed by atoms with Crippen LogP contribution in [0.1, 0.15) is 0 Å². The Morgan fingerprint density at radius 2 is 0.804 bits per heavy atom. The van der Waals surface area contributed by atoms with Gasteiger partial charge < -0.3 is 0 Å². The van der Waals surface area contributed by atoms with E-state index < -0.39 is 0 Å². The van der Waals surface area contributed by atoms with E-state index in [9.17, 15) is 0 Å². The summed E-state index contributed by atoms with van der Waals surface area (Å²) in [5.41, 5.74) is 10.1. The van der Waals surface area contributed by atoms with Crippen LogP contribution in [0.5, 0.6) is 0 Å². The van der Waals surface area contributed by atoms with Crippen LogP contribution in [0.25, 0.3) is 108 Å². The van der Waals surface area contributed by atoms with Crippen LogP contribution < -0.4 is 0 Å². The molecule has 262 valence electrons. The summed E-state index contributed by atoms with van der Waals surface area (Å²) < 4.78 is 5.02. The van der Waals surface area contributed by atoms with Gasteiger partial charge >= 0.3 is 0 Å². The highest BCUT2D eigenvalue weighted by Gasteiger charge is 2.19. The first-order valence-corrected chi connectivity index (χ1v) is 20.3. The summed E-state index contributed by atoms with van der Waals surface area (Å²) in [6.07, 6.45) is 0. The number of fused-ring (bicyclic) bond motifs is 6. The highest BCUT2D eigenvalue weighted by Crippen LogP contribution is 2.46. The first-order chi connectivity index (χ1) is 27.7. The number of aromatic nitrogens is 3. The van der Waals surface area contributed by atoms with Crippen molar-refractivity contribution in [2.75, 3.05) is 0 Å². The van der Waals surface area contributed by atoms with Gasteiger partial charge in [-0.15, -0.1) is 22.7 Å². The van der Waals surface area contributed by atoms with E-state index in [0.29, 0.717) is 17.5 Å². The van der Waals surface area contributed by atoms with E-state index in [4.69, 9.17) is 15.0 Å². The van der Waals surface area contributed by atoms with Gasteiger partial charge in [-0.2, -0.15) is 0 Å². The molecule has 56 heavy (non-hydrogen) atoms. The topological polar surface area (TPSA) is 38.7 Å². The molecule has 0 unspecified atom stereocenters. The maximum Gasteiger partial charge on any atom is 0.165 e. The van der Waals surface area contributed by atoms with Crippen LogP contribution in [0.4, 0.5) is 0 Å². The van der Waals surface area contributed by atoms with Crippen molar-refractivity contribution in [3.05, 3.63) is 188 Å². The zero-order chi connectivity index (χ0) is 37.0. The lowest BCUT2D eigenvalue weighted by molar-refractivity contribution is 1.08. The number of thiophene rings is 2. The van der Waals surface area contributed by atoms with E-state index in [1.165, 1.54) is 62.6 Å². The predicted octanol–water partition coefficient (Wildman–Crippen LogP) is 14.6. The van der Waals surface area contributed by atoms with Gasteiger partial charge in [0, 0.05) is 62.6 Å². The molecule has 3 aromatic heterocycles. The second kappa shape index (κ2) is 13.5. The van der Waals surface area contributed by atoms with Crippen LogP contribution in [0, 0.1) is 0 Å². The Labute approximate surface area is 331 Å². The Balaban J connectivity index is 1.09. The Hall–Kier alpha value is -6.79. The van der Waals surface area contributed by atoms with Crippen molar-refractivity contribution in [1.29, 1.82) is 0 Å². The van der Waals surface area contributed by atoms with E-state index in [-0.39, 0.29) is 0 Å². The highest BCUT2D eigenvalue weighted by molar-refractivity contribution is 7.26. The van der Waals surface area contributed by atoms with Gasteiger partial charge in [0.05, 0.1) is 0 Å². The molecule has 0 bridgehead atoms. The molecule has 0 saturated heterocycles. The second-order valence-corrected chi connectivity index (χ2v) is 16.1. The van der Waals surface area contributed by atoms with Gasteiger partial charge in [0.15, 0.2) is 17.5 Å². The zero-order valence-corrected chi connectivity index (χ0v) is 31.7. The minimum atomic E-state index is 0.651. The van der Waals surface area contributed by atoms with Crippen molar-refractivity contribution in [2.45, 2.75) is 0 Å². The number of hydrogen-bond donors (Lipinski definition) is 0. The summed E-state index contributed by atoms with van der Waals surface area (Å²) in [5.74, 6) is 1.97. The van der Waals surface area contributed by atoms with Crippen LogP contribution in [-0.2, 0) is 0 Å². The summed E-state index contributed by atoms with van der Waals surface area (Å²) in [6.45, 7) is 0. The van der Waals surface area contributed by atoms with Crippen molar-refractivity contribution in [1.82, 2.24) is 15.0 Å². The molecule has 0 radical (unpaired) electrons. The van der Waals surface area contributed by atoms with Crippen LogP contribution in [0.3, 0.4) is 0 Å². The van der Waals surface area contributed by atoms with Gasteiger partial charge in [0.25, 0.3) is 0 Å². The standard InChI is InChI=1S/C51H31N3S2/c1-4-14-32(15-5-1)35-20-12-21-37(28-35)50-52-49(34-18-8-3-9-19-34)53-51(54-50)41-24-13-23-40-43-29-36(26-27-46(43)56-47(40)41)42-30-38(33-16-6-2-7-17-33)31-44-39-22-10-11-25-45(39)55-48(42)44/h1-31H. The van der Waals surface area contributed by atoms with Crippen molar-refractivity contribution < 1.29 is 0 Å². The van der Waals surface area contributed by atoms with E-state index in [0.717, 1.165) is 27.8 Å². The molecule has 11 aromatic rings. The summed E-state index contributed by atoms with van der Waals surface area (Å²) in [7, 11) is 0. The van der Waals surface area contributed by atoms with Crippen molar-refractivity contribution in [3.63, 3.8) is 0 Å². The molecule has 0 saturated carbocycles. The lowest BCUT2D eigenvalue weighted by atomic mass is 9.95. The van der Waals surface area contributed by atoms with Gasteiger partial charge in [-0.1, -0.05) is 146 Å². The Kier molecular flexibility index (Phi) is 7.87. The zero-order valence-electron chi connectivity index (χ0n) is 30.1. The lowest BCUT2D eigenvalue weighted by Crippen LogP contribution is -2.00. The number of nitrogens with zero attached hydrogens (tertiary/aromatic N) is 3. The number of hydrogen-bond acceptors (Lipinski definition) is 5. The molecule has 0 aliphatic carbocycles.